The van der Waals surface area contributed by atoms with Gasteiger partial charge in [-0.25, -0.2) is 4.98 Å². The molecule has 0 fully saturated rings. The van der Waals surface area contributed by atoms with Crippen LogP contribution in [-0.2, 0) is 11.2 Å². The number of benzene rings is 1. The lowest BCUT2D eigenvalue weighted by atomic mass is 9.77. The lowest BCUT2D eigenvalue weighted by molar-refractivity contribution is -0.118. The van der Waals surface area contributed by atoms with Gasteiger partial charge in [-0.3, -0.25) is 4.79 Å². The summed E-state index contributed by atoms with van der Waals surface area (Å²) in [4.78, 5) is 16.6. The Labute approximate surface area is 123 Å². The topological polar surface area (TPSA) is 68.0 Å². The molecule has 2 aromatic rings. The van der Waals surface area contributed by atoms with Gasteiger partial charge < -0.3 is 11.1 Å². The summed E-state index contributed by atoms with van der Waals surface area (Å²) < 4.78 is 0. The molecule has 0 bridgehead atoms. The minimum Gasteiger partial charge on any atom is -0.320 e. The van der Waals surface area contributed by atoms with Gasteiger partial charge in [-0.1, -0.05) is 36.3 Å². The minimum absolute atomic E-state index is 0.0230. The lowest BCUT2D eigenvalue weighted by Crippen LogP contribution is -2.30. The first-order valence-electron chi connectivity index (χ1n) is 6.82. The Balaban J connectivity index is 1.72. The molecule has 4 heteroatoms. The molecule has 1 aromatic carbocycles. The molecule has 1 heterocycles. The second-order valence-electron chi connectivity index (χ2n) is 4.86. The van der Waals surface area contributed by atoms with Gasteiger partial charge in [-0.2, -0.15) is 0 Å². The summed E-state index contributed by atoms with van der Waals surface area (Å²) in [7, 11) is 0. The maximum Gasteiger partial charge on any atom is 0.233 e. The number of aromatic nitrogens is 1. The van der Waals surface area contributed by atoms with Gasteiger partial charge in [0, 0.05) is 0 Å². The number of nitrogens with two attached hydrogens (primary N) is 1. The van der Waals surface area contributed by atoms with Crippen LogP contribution in [0.25, 0.3) is 0 Å². The molecule has 104 valence electrons. The Hall–Kier alpha value is -2.64. The van der Waals surface area contributed by atoms with E-state index in [1.807, 2.05) is 24.3 Å². The number of anilines is 1. The molecule has 0 aliphatic heterocycles. The van der Waals surface area contributed by atoms with E-state index in [1.54, 1.807) is 12.1 Å². The number of carbonyl (C=O) groups excluding carboxylic acids is 1. The fourth-order valence-electron chi connectivity index (χ4n) is 2.42. The van der Waals surface area contributed by atoms with Crippen molar-refractivity contribution in [1.29, 1.82) is 0 Å². The molecule has 0 spiro atoms. The average molecular weight is 277 g/mol. The van der Waals surface area contributed by atoms with Crippen molar-refractivity contribution in [3.8, 4) is 11.8 Å². The highest BCUT2D eigenvalue weighted by molar-refractivity contribution is 5.97. The first kappa shape index (κ1) is 13.3. The number of rotatable bonds is 2. The molecule has 0 saturated heterocycles. The number of nitrogens with one attached hydrogen (secondary N) is 1. The van der Waals surface area contributed by atoms with Gasteiger partial charge in [0.1, 0.15) is 11.5 Å². The van der Waals surface area contributed by atoms with Crippen molar-refractivity contribution in [2.45, 2.75) is 12.3 Å². The Morgan fingerprint density at radius 2 is 2.14 bits per heavy atom. The monoisotopic (exact) mass is 277 g/mol. The third-order valence-electron chi connectivity index (χ3n) is 3.49. The zero-order valence-corrected chi connectivity index (χ0v) is 11.5. The van der Waals surface area contributed by atoms with Crippen LogP contribution >= 0.6 is 0 Å². The predicted molar refractivity (Wildman–Crippen MR) is 81.7 cm³/mol. The molecule has 1 amide bonds. The molecule has 0 saturated carbocycles. The lowest BCUT2D eigenvalue weighted by Gasteiger charge is -2.28. The van der Waals surface area contributed by atoms with Crippen LogP contribution in [0.15, 0.2) is 42.5 Å². The zero-order chi connectivity index (χ0) is 14.7. The van der Waals surface area contributed by atoms with Crippen LogP contribution in [0.5, 0.6) is 0 Å². The summed E-state index contributed by atoms with van der Waals surface area (Å²) >= 11 is 0. The van der Waals surface area contributed by atoms with Crippen LogP contribution < -0.4 is 11.1 Å². The van der Waals surface area contributed by atoms with E-state index in [2.05, 4.69) is 28.2 Å². The Morgan fingerprint density at radius 3 is 2.95 bits per heavy atom. The fraction of sp³-hybridized carbons (Fsp3) is 0.176. The largest absolute Gasteiger partial charge is 0.320 e. The summed E-state index contributed by atoms with van der Waals surface area (Å²) in [6, 6.07) is 13.4. The summed E-state index contributed by atoms with van der Waals surface area (Å²) in [5.41, 5.74) is 8.29. The predicted octanol–water partition coefficient (Wildman–Crippen LogP) is 1.67. The van der Waals surface area contributed by atoms with E-state index in [4.69, 9.17) is 5.73 Å². The fourth-order valence-corrected chi connectivity index (χ4v) is 2.42. The van der Waals surface area contributed by atoms with Gasteiger partial charge in [-0.05, 0) is 35.6 Å². The van der Waals surface area contributed by atoms with E-state index in [-0.39, 0.29) is 18.4 Å². The Kier molecular flexibility index (Phi) is 3.67. The van der Waals surface area contributed by atoms with Gasteiger partial charge in [0.2, 0.25) is 5.91 Å². The highest BCUT2D eigenvalue weighted by Gasteiger charge is 2.31. The molecule has 1 unspecified atom stereocenters. The van der Waals surface area contributed by atoms with E-state index >= 15 is 0 Å². The molecule has 1 aromatic heterocycles. The first-order chi connectivity index (χ1) is 10.3. The number of nitrogens with zero attached hydrogens (tertiary/aromatic N) is 1. The SMILES string of the molecule is NCC#Cc1cccc(NC(=O)C2Cc3ccccc32)n1. The number of hydrogen-bond donors (Lipinski definition) is 2. The minimum atomic E-state index is -0.0817. The van der Waals surface area contributed by atoms with E-state index < -0.39 is 0 Å². The number of pyridine rings is 1. The van der Waals surface area contributed by atoms with Crippen molar-refractivity contribution >= 4 is 11.7 Å². The van der Waals surface area contributed by atoms with Gasteiger partial charge in [0.05, 0.1) is 12.5 Å². The van der Waals surface area contributed by atoms with Crippen molar-refractivity contribution in [1.82, 2.24) is 4.98 Å². The molecule has 0 radical (unpaired) electrons. The van der Waals surface area contributed by atoms with Gasteiger partial charge in [0.15, 0.2) is 0 Å². The van der Waals surface area contributed by atoms with Gasteiger partial charge in [-0.15, -0.1) is 0 Å². The van der Waals surface area contributed by atoms with Crippen molar-refractivity contribution in [3.05, 3.63) is 59.3 Å². The number of amides is 1. The maximum absolute atomic E-state index is 12.3. The average Bonchev–Trinajstić information content (AvgIpc) is 2.47. The number of carbonyl (C=O) groups is 1. The van der Waals surface area contributed by atoms with Crippen LogP contribution in [0.3, 0.4) is 0 Å². The Morgan fingerprint density at radius 1 is 1.29 bits per heavy atom. The summed E-state index contributed by atoms with van der Waals surface area (Å²) in [5.74, 6) is 6.02. The second kappa shape index (κ2) is 5.78. The van der Waals surface area contributed by atoms with Crippen molar-refractivity contribution in [3.63, 3.8) is 0 Å². The van der Waals surface area contributed by atoms with E-state index in [0.29, 0.717) is 11.5 Å². The molecule has 1 atom stereocenters. The molecule has 21 heavy (non-hydrogen) atoms. The molecular formula is C17H15N3O. The van der Waals surface area contributed by atoms with E-state index in [1.165, 1.54) is 5.56 Å². The molecular weight excluding hydrogens is 262 g/mol. The van der Waals surface area contributed by atoms with Crippen molar-refractivity contribution in [2.24, 2.45) is 5.73 Å². The second-order valence-corrected chi connectivity index (χ2v) is 4.86. The molecule has 4 nitrogen and oxygen atoms in total. The van der Waals surface area contributed by atoms with Gasteiger partial charge >= 0.3 is 0 Å². The first-order valence-corrected chi connectivity index (χ1v) is 6.82. The highest BCUT2D eigenvalue weighted by Crippen LogP contribution is 2.35. The van der Waals surface area contributed by atoms with Crippen LogP contribution in [0, 0.1) is 11.8 Å². The maximum atomic E-state index is 12.3. The number of fused-ring (bicyclic) bond motifs is 1. The summed E-state index contributed by atoms with van der Waals surface area (Å²) in [5, 5.41) is 2.85. The third-order valence-corrected chi connectivity index (χ3v) is 3.49. The van der Waals surface area contributed by atoms with Crippen LogP contribution in [-0.4, -0.2) is 17.4 Å². The van der Waals surface area contributed by atoms with Crippen molar-refractivity contribution in [2.75, 3.05) is 11.9 Å². The Bertz CT molecular complexity index is 743. The molecule has 1 aliphatic rings. The summed E-state index contributed by atoms with van der Waals surface area (Å²) in [6.07, 6.45) is 0.786. The normalized spacial score (nSPS) is 15.2. The highest BCUT2D eigenvalue weighted by atomic mass is 16.2. The van der Waals surface area contributed by atoms with Crippen LogP contribution in [0.2, 0.25) is 0 Å². The molecule has 3 rings (SSSR count). The van der Waals surface area contributed by atoms with Gasteiger partial charge in [0.25, 0.3) is 0 Å². The summed E-state index contributed by atoms with van der Waals surface area (Å²) in [6.45, 7) is 0.289. The smallest absolute Gasteiger partial charge is 0.233 e. The van der Waals surface area contributed by atoms with Crippen LogP contribution in [0.4, 0.5) is 5.82 Å². The zero-order valence-electron chi connectivity index (χ0n) is 11.5. The molecule has 1 aliphatic carbocycles. The standard InChI is InChI=1S/C17H15N3O/c18-10-4-7-13-6-3-9-16(19-13)20-17(21)15-11-12-5-1-2-8-14(12)15/h1-3,5-6,8-9,15H,10-11,18H2,(H,19,20,21). The quantitative estimate of drug-likeness (QED) is 0.820. The van der Waals surface area contributed by atoms with Crippen LogP contribution in [0.1, 0.15) is 22.7 Å². The number of hydrogen-bond acceptors (Lipinski definition) is 3. The molecule has 3 N–H and O–H groups in total. The third kappa shape index (κ3) is 2.78. The van der Waals surface area contributed by atoms with E-state index in [9.17, 15) is 4.79 Å². The van der Waals surface area contributed by atoms with E-state index in [0.717, 1.165) is 12.0 Å². The van der Waals surface area contributed by atoms with Crippen molar-refractivity contribution < 1.29 is 4.79 Å².